The Balaban J connectivity index is 2.29. The molecule has 2 N–H and O–H groups in total. The van der Waals surface area contributed by atoms with Crippen molar-refractivity contribution in [2.45, 2.75) is 6.92 Å². The van der Waals surface area contributed by atoms with Gasteiger partial charge in [-0.15, -0.1) is 0 Å². The first-order valence-corrected chi connectivity index (χ1v) is 8.87. The minimum atomic E-state index is -0.546. The molecule has 0 bridgehead atoms. The molecule has 0 spiro atoms. The monoisotopic (exact) mass is 464 g/mol. The lowest BCUT2D eigenvalue weighted by Crippen LogP contribution is -2.14. The van der Waals surface area contributed by atoms with E-state index in [0.717, 1.165) is 0 Å². The largest absolute Gasteiger partial charge is 0.506 e. The summed E-state index contributed by atoms with van der Waals surface area (Å²) in [6.45, 7) is 2.31. The first-order chi connectivity index (χ1) is 12.0. The summed E-state index contributed by atoms with van der Waals surface area (Å²) in [6.07, 6.45) is 1.44. The Bertz CT molecular complexity index is 850. The van der Waals surface area contributed by atoms with Crippen LogP contribution in [-0.2, 0) is 4.79 Å². The lowest BCUT2D eigenvalue weighted by atomic mass is 10.1. The van der Waals surface area contributed by atoms with Crippen molar-refractivity contribution < 1.29 is 14.6 Å². The van der Waals surface area contributed by atoms with E-state index in [4.69, 9.17) is 4.74 Å². The molecule has 0 heterocycles. The predicted octanol–water partition coefficient (Wildman–Crippen LogP) is 4.86. The van der Waals surface area contributed by atoms with Crippen LogP contribution in [0.2, 0.25) is 0 Å². The summed E-state index contributed by atoms with van der Waals surface area (Å²) in [6, 6.07) is 12.1. The number of ether oxygens (including phenoxy) is 1. The van der Waals surface area contributed by atoms with Crippen molar-refractivity contribution in [2.75, 3.05) is 11.9 Å². The number of nitriles is 1. The lowest BCUT2D eigenvalue weighted by Gasteiger charge is -2.11. The highest BCUT2D eigenvalue weighted by molar-refractivity contribution is 9.11. The van der Waals surface area contributed by atoms with Crippen LogP contribution in [0, 0.1) is 11.3 Å². The number of carbonyl (C=O) groups excluding carboxylic acids is 1. The van der Waals surface area contributed by atoms with Crippen molar-refractivity contribution in [3.05, 3.63) is 56.5 Å². The number of aromatic hydroxyl groups is 1. The number of hydrogen-bond acceptors (Lipinski definition) is 4. The quantitative estimate of drug-likeness (QED) is 0.487. The predicted molar refractivity (Wildman–Crippen MR) is 103 cm³/mol. The summed E-state index contributed by atoms with van der Waals surface area (Å²) in [5.74, 6) is 0.0338. The zero-order valence-electron chi connectivity index (χ0n) is 13.2. The van der Waals surface area contributed by atoms with E-state index >= 15 is 0 Å². The number of phenols is 1. The number of nitrogens with zero attached hydrogens (tertiary/aromatic N) is 1. The molecule has 0 aliphatic carbocycles. The zero-order valence-corrected chi connectivity index (χ0v) is 16.4. The fraction of sp³-hybridized carbons (Fsp3) is 0.111. The molecule has 0 aliphatic heterocycles. The van der Waals surface area contributed by atoms with Crippen LogP contribution >= 0.6 is 31.9 Å². The number of hydrogen-bond donors (Lipinski definition) is 2. The van der Waals surface area contributed by atoms with Crippen molar-refractivity contribution in [1.29, 1.82) is 5.26 Å². The van der Waals surface area contributed by atoms with E-state index in [0.29, 0.717) is 32.6 Å². The van der Waals surface area contributed by atoms with Crippen molar-refractivity contribution in [3.8, 4) is 17.6 Å². The summed E-state index contributed by atoms with van der Waals surface area (Å²) in [7, 11) is 0. The van der Waals surface area contributed by atoms with Crippen molar-refractivity contribution in [2.24, 2.45) is 0 Å². The number of phenolic OH excluding ortho intramolecular Hbond substituents is 1. The first kappa shape index (κ1) is 19.0. The Morgan fingerprint density at radius 2 is 1.96 bits per heavy atom. The highest BCUT2D eigenvalue weighted by Gasteiger charge is 2.13. The Morgan fingerprint density at radius 1 is 1.32 bits per heavy atom. The molecule has 0 aromatic heterocycles. The van der Waals surface area contributed by atoms with Crippen LogP contribution in [0.25, 0.3) is 6.08 Å². The Hall–Kier alpha value is -2.30. The number of amides is 1. The third-order valence-electron chi connectivity index (χ3n) is 3.15. The maximum atomic E-state index is 12.4. The van der Waals surface area contributed by atoms with Gasteiger partial charge in [0, 0.05) is 0 Å². The number of para-hydroxylation sites is 2. The molecule has 0 unspecified atom stereocenters. The van der Waals surface area contributed by atoms with Gasteiger partial charge in [0.25, 0.3) is 5.91 Å². The number of nitrogens with one attached hydrogen (secondary N) is 1. The third kappa shape index (κ3) is 4.84. The summed E-state index contributed by atoms with van der Waals surface area (Å²) < 4.78 is 6.36. The van der Waals surface area contributed by atoms with Gasteiger partial charge in [-0.25, -0.2) is 0 Å². The second-order valence-electron chi connectivity index (χ2n) is 4.89. The van der Waals surface area contributed by atoms with Crippen LogP contribution < -0.4 is 10.1 Å². The van der Waals surface area contributed by atoms with Gasteiger partial charge in [-0.2, -0.15) is 5.26 Å². The van der Waals surface area contributed by atoms with Crippen LogP contribution in [0.3, 0.4) is 0 Å². The highest BCUT2D eigenvalue weighted by Crippen LogP contribution is 2.34. The molecule has 5 nitrogen and oxygen atoms in total. The van der Waals surface area contributed by atoms with Gasteiger partial charge in [0.15, 0.2) is 0 Å². The number of halogens is 2. The van der Waals surface area contributed by atoms with Crippen molar-refractivity contribution in [1.82, 2.24) is 0 Å². The molecule has 0 atom stereocenters. The van der Waals surface area contributed by atoms with Crippen molar-refractivity contribution >= 4 is 49.5 Å². The molecular weight excluding hydrogens is 452 g/mol. The SMILES string of the molecule is CCOc1ccccc1NC(=O)/C(C#N)=C\c1cc(Br)c(O)c(Br)c1. The molecular formula is C18H14Br2N2O3. The average molecular weight is 466 g/mol. The Morgan fingerprint density at radius 3 is 2.56 bits per heavy atom. The third-order valence-corrected chi connectivity index (χ3v) is 4.36. The van der Waals surface area contributed by atoms with Gasteiger partial charge in [-0.3, -0.25) is 4.79 Å². The summed E-state index contributed by atoms with van der Waals surface area (Å²) in [5, 5.41) is 21.7. The number of anilines is 1. The van der Waals surface area contributed by atoms with Crippen LogP contribution in [-0.4, -0.2) is 17.6 Å². The second-order valence-corrected chi connectivity index (χ2v) is 6.59. The molecule has 2 aromatic carbocycles. The van der Waals surface area contributed by atoms with Crippen LogP contribution in [0.15, 0.2) is 50.9 Å². The van der Waals surface area contributed by atoms with E-state index < -0.39 is 5.91 Å². The molecule has 2 rings (SSSR count). The fourth-order valence-electron chi connectivity index (χ4n) is 2.02. The zero-order chi connectivity index (χ0) is 18.4. The van der Waals surface area contributed by atoms with Gasteiger partial charge in [-0.1, -0.05) is 12.1 Å². The first-order valence-electron chi connectivity index (χ1n) is 7.29. The fourth-order valence-corrected chi connectivity index (χ4v) is 3.25. The van der Waals surface area contributed by atoms with E-state index in [2.05, 4.69) is 37.2 Å². The van der Waals surface area contributed by atoms with E-state index in [-0.39, 0.29) is 11.3 Å². The van der Waals surface area contributed by atoms with Gasteiger partial charge >= 0.3 is 0 Å². The molecule has 0 radical (unpaired) electrons. The molecule has 25 heavy (non-hydrogen) atoms. The van der Waals surface area contributed by atoms with Crippen LogP contribution in [0.1, 0.15) is 12.5 Å². The molecule has 128 valence electrons. The summed E-state index contributed by atoms with van der Waals surface area (Å²) in [5.41, 5.74) is 1.00. The Kier molecular flexibility index (Phi) is 6.62. The van der Waals surface area contributed by atoms with Crippen LogP contribution in [0.4, 0.5) is 5.69 Å². The highest BCUT2D eigenvalue weighted by atomic mass is 79.9. The maximum absolute atomic E-state index is 12.4. The molecule has 1 amide bonds. The minimum absolute atomic E-state index is 0.0470. The summed E-state index contributed by atoms with van der Waals surface area (Å²) in [4.78, 5) is 12.4. The van der Waals surface area contributed by atoms with Crippen molar-refractivity contribution in [3.63, 3.8) is 0 Å². The molecule has 0 fully saturated rings. The maximum Gasteiger partial charge on any atom is 0.266 e. The molecule has 0 saturated heterocycles. The van der Waals surface area contributed by atoms with Gasteiger partial charge in [-0.05, 0) is 74.7 Å². The molecule has 7 heteroatoms. The molecule has 0 saturated carbocycles. The molecule has 0 aliphatic rings. The second kappa shape index (κ2) is 8.70. The standard InChI is InChI=1S/C18H14Br2N2O3/c1-2-25-16-6-4-3-5-15(16)22-18(24)12(10-21)7-11-8-13(19)17(23)14(20)9-11/h3-9,23H,2H2,1H3,(H,22,24)/b12-7-. The normalized spacial score (nSPS) is 10.9. The van der Waals surface area contributed by atoms with Gasteiger partial charge in [0.1, 0.15) is 23.1 Å². The topological polar surface area (TPSA) is 82.3 Å². The van der Waals surface area contributed by atoms with Gasteiger partial charge in [0.2, 0.25) is 0 Å². The smallest absolute Gasteiger partial charge is 0.266 e. The van der Waals surface area contributed by atoms with E-state index in [1.807, 2.05) is 13.0 Å². The molecule has 2 aromatic rings. The number of rotatable bonds is 5. The summed E-state index contributed by atoms with van der Waals surface area (Å²) >= 11 is 6.43. The minimum Gasteiger partial charge on any atom is -0.506 e. The van der Waals surface area contributed by atoms with E-state index in [9.17, 15) is 15.2 Å². The number of benzene rings is 2. The average Bonchev–Trinajstić information content (AvgIpc) is 2.59. The van der Waals surface area contributed by atoms with Crippen LogP contribution in [0.5, 0.6) is 11.5 Å². The Labute approximate surface area is 162 Å². The van der Waals surface area contributed by atoms with Gasteiger partial charge < -0.3 is 15.2 Å². The lowest BCUT2D eigenvalue weighted by molar-refractivity contribution is -0.112. The number of carbonyl (C=O) groups is 1. The van der Waals surface area contributed by atoms with E-state index in [1.54, 1.807) is 36.4 Å². The van der Waals surface area contributed by atoms with Gasteiger partial charge in [0.05, 0.1) is 21.2 Å². The van der Waals surface area contributed by atoms with E-state index in [1.165, 1.54) is 6.08 Å².